The molecule has 0 radical (unpaired) electrons. The van der Waals surface area contributed by atoms with Crippen LogP contribution >= 0.6 is 0 Å². The fourth-order valence-electron chi connectivity index (χ4n) is 5.34. The quantitative estimate of drug-likeness (QED) is 0.0901. The maximum atomic E-state index is 13.7. The molecule has 43 heavy (non-hydrogen) atoms. The lowest BCUT2D eigenvalue weighted by molar-refractivity contribution is -0.133. The largest absolute Gasteiger partial charge is 0.352 e. The molecule has 250 valence electrons. The van der Waals surface area contributed by atoms with Crippen molar-refractivity contribution in [3.05, 3.63) is 0 Å². The average Bonchev–Trinajstić information content (AvgIpc) is 3.36. The molecule has 0 saturated heterocycles. The number of nitrogens with one attached hydrogen (secondary N) is 5. The summed E-state index contributed by atoms with van der Waals surface area (Å²) in [4.78, 5) is 56.9. The second kappa shape index (κ2) is 18.5. The van der Waals surface area contributed by atoms with Gasteiger partial charge in [0, 0.05) is 25.0 Å². The third-order valence-corrected chi connectivity index (χ3v) is 7.69. The fraction of sp³-hybridized carbons (Fsp3) is 0.875. The summed E-state index contributed by atoms with van der Waals surface area (Å²) in [6.45, 7) is 17.3. The molecule has 2 atom stereocenters. The topological polar surface area (TPSA) is 164 Å². The van der Waals surface area contributed by atoms with Gasteiger partial charge in [-0.2, -0.15) is 5.48 Å². The fourth-order valence-corrected chi connectivity index (χ4v) is 5.34. The highest BCUT2D eigenvalue weighted by Gasteiger charge is 2.43. The Morgan fingerprint density at radius 3 is 2.07 bits per heavy atom. The molecule has 0 aromatic heterocycles. The van der Waals surface area contributed by atoms with Crippen LogP contribution in [0.2, 0.25) is 0 Å². The lowest BCUT2D eigenvalue weighted by atomic mass is 9.85. The van der Waals surface area contributed by atoms with Crippen LogP contribution in [0.1, 0.15) is 126 Å². The number of hydrogen-bond donors (Lipinski definition) is 6. The van der Waals surface area contributed by atoms with Crippen molar-refractivity contribution in [2.45, 2.75) is 149 Å². The van der Waals surface area contributed by atoms with Crippen molar-refractivity contribution in [2.24, 2.45) is 17.1 Å². The molecule has 11 nitrogen and oxygen atoms in total. The zero-order valence-electron chi connectivity index (χ0n) is 28.3. The van der Waals surface area contributed by atoms with E-state index in [1.807, 2.05) is 34.6 Å². The maximum Gasteiger partial charge on any atom is 0.312 e. The third-order valence-electron chi connectivity index (χ3n) is 7.69. The first-order chi connectivity index (χ1) is 20.0. The molecule has 0 bridgehead atoms. The lowest BCUT2D eigenvalue weighted by Crippen LogP contribution is -2.62. The SMILES string of the molecule is CC(C)[C@H](NC1(C(=O)CCCCCC(C)(C)C)CCCC1)C(=O)N[C@@H](CCCNC(N)=O)C(=O)NCCONC(C)(C)C. The zero-order valence-corrected chi connectivity index (χ0v) is 28.3. The van der Waals surface area contributed by atoms with Gasteiger partial charge in [-0.05, 0) is 70.6 Å². The Labute approximate surface area is 260 Å². The van der Waals surface area contributed by atoms with Crippen molar-refractivity contribution in [1.82, 2.24) is 26.7 Å². The number of hydroxylamine groups is 1. The molecule has 0 aromatic carbocycles. The van der Waals surface area contributed by atoms with Gasteiger partial charge in [0.25, 0.3) is 0 Å². The van der Waals surface area contributed by atoms with Crippen molar-refractivity contribution >= 4 is 23.6 Å². The maximum absolute atomic E-state index is 13.7. The van der Waals surface area contributed by atoms with E-state index in [4.69, 9.17) is 10.6 Å². The number of urea groups is 1. The number of primary amides is 1. The number of rotatable bonds is 20. The minimum absolute atomic E-state index is 0.103. The number of unbranched alkanes of at least 4 members (excludes halogenated alkanes) is 2. The molecule has 0 spiro atoms. The van der Waals surface area contributed by atoms with Gasteiger partial charge in [0.1, 0.15) is 6.04 Å². The van der Waals surface area contributed by atoms with Crippen LogP contribution < -0.4 is 32.5 Å². The van der Waals surface area contributed by atoms with E-state index < -0.39 is 23.7 Å². The first kappa shape index (κ1) is 38.8. The normalized spacial score (nSPS) is 16.5. The third kappa shape index (κ3) is 16.4. The van der Waals surface area contributed by atoms with Crippen molar-refractivity contribution in [1.29, 1.82) is 0 Å². The highest BCUT2D eigenvalue weighted by molar-refractivity contribution is 5.92. The summed E-state index contributed by atoms with van der Waals surface area (Å²) < 4.78 is 0. The van der Waals surface area contributed by atoms with Gasteiger partial charge in [0.05, 0.1) is 18.2 Å². The molecule has 1 rings (SSSR count). The number of hydrogen-bond acceptors (Lipinski definition) is 7. The first-order valence-electron chi connectivity index (χ1n) is 16.3. The van der Waals surface area contributed by atoms with E-state index >= 15 is 0 Å². The Balaban J connectivity index is 2.88. The Kier molecular flexibility index (Phi) is 16.7. The molecule has 1 fully saturated rings. The Morgan fingerprint density at radius 2 is 1.51 bits per heavy atom. The van der Waals surface area contributed by atoms with E-state index in [9.17, 15) is 19.2 Å². The van der Waals surface area contributed by atoms with Crippen molar-refractivity contribution in [3.63, 3.8) is 0 Å². The number of carbonyl (C=O) groups excluding carboxylic acids is 4. The number of ketones is 1. The van der Waals surface area contributed by atoms with Crippen LogP contribution in [0, 0.1) is 11.3 Å². The molecule has 1 aliphatic carbocycles. The van der Waals surface area contributed by atoms with Crippen LogP contribution in [0.3, 0.4) is 0 Å². The van der Waals surface area contributed by atoms with Crippen LogP contribution in [0.25, 0.3) is 0 Å². The average molecular weight is 611 g/mol. The minimum atomic E-state index is -0.821. The van der Waals surface area contributed by atoms with E-state index in [1.54, 1.807) is 0 Å². The lowest BCUT2D eigenvalue weighted by Gasteiger charge is -2.35. The van der Waals surface area contributed by atoms with Crippen molar-refractivity contribution in [3.8, 4) is 0 Å². The second-order valence-electron chi connectivity index (χ2n) is 14.7. The monoisotopic (exact) mass is 610 g/mol. The Bertz CT molecular complexity index is 874. The van der Waals surface area contributed by atoms with Crippen LogP contribution in [-0.4, -0.2) is 66.5 Å². The summed E-state index contributed by atoms with van der Waals surface area (Å²) in [5.41, 5.74) is 7.43. The van der Waals surface area contributed by atoms with Crippen LogP contribution in [0.4, 0.5) is 4.79 Å². The van der Waals surface area contributed by atoms with Crippen molar-refractivity contribution < 1.29 is 24.0 Å². The molecule has 0 unspecified atom stereocenters. The summed E-state index contributed by atoms with van der Waals surface area (Å²) in [6.07, 6.45) is 8.69. The number of carbonyl (C=O) groups is 4. The van der Waals surface area contributed by atoms with Crippen LogP contribution in [-0.2, 0) is 19.2 Å². The molecule has 1 saturated carbocycles. The minimum Gasteiger partial charge on any atom is -0.352 e. The molecule has 0 heterocycles. The molecule has 11 heteroatoms. The molecule has 0 aliphatic heterocycles. The molecule has 4 amide bonds. The van der Waals surface area contributed by atoms with E-state index in [1.165, 1.54) is 0 Å². The predicted octanol–water partition coefficient (Wildman–Crippen LogP) is 3.85. The number of nitrogens with two attached hydrogens (primary N) is 1. The van der Waals surface area contributed by atoms with E-state index in [2.05, 4.69) is 47.5 Å². The number of Topliss-reactive ketones (excluding diaryl/α,β-unsaturated/α-hetero) is 1. The van der Waals surface area contributed by atoms with Gasteiger partial charge in [0.2, 0.25) is 11.8 Å². The first-order valence-corrected chi connectivity index (χ1v) is 16.3. The van der Waals surface area contributed by atoms with Gasteiger partial charge >= 0.3 is 6.03 Å². The molecule has 0 aromatic rings. The van der Waals surface area contributed by atoms with Crippen molar-refractivity contribution in [2.75, 3.05) is 19.7 Å². The van der Waals surface area contributed by atoms with Gasteiger partial charge < -0.3 is 21.7 Å². The zero-order chi connectivity index (χ0) is 32.7. The molecular formula is C32H62N6O5. The smallest absolute Gasteiger partial charge is 0.312 e. The summed E-state index contributed by atoms with van der Waals surface area (Å²) in [5, 5.41) is 11.8. The Morgan fingerprint density at radius 1 is 0.860 bits per heavy atom. The summed E-state index contributed by atoms with van der Waals surface area (Å²) in [6, 6.07) is -2.10. The second-order valence-corrected chi connectivity index (χ2v) is 14.7. The van der Waals surface area contributed by atoms with Gasteiger partial charge in [-0.1, -0.05) is 60.3 Å². The molecule has 7 N–H and O–H groups in total. The van der Waals surface area contributed by atoms with E-state index in [0.29, 0.717) is 24.7 Å². The predicted molar refractivity (Wildman–Crippen MR) is 171 cm³/mol. The Hall–Kier alpha value is -2.24. The standard InChI is InChI=1S/C32H62N6O5/c1-23(2)26(37-32(18-12-13-19-32)25(39)16-10-9-11-17-30(3,4)5)28(41)36-24(15-14-20-35-29(33)42)27(40)34-21-22-43-38-31(6,7)8/h23-24,26,37-38H,9-22H2,1-8H3,(H,34,40)(H,36,41)(H3,33,35,42)/t24-,26-/m0/s1. The summed E-state index contributed by atoms with van der Waals surface area (Å²) in [5.74, 6) is -0.562. The van der Waals surface area contributed by atoms with Crippen LogP contribution in [0.5, 0.6) is 0 Å². The number of amides is 4. The van der Waals surface area contributed by atoms with Gasteiger partial charge in [-0.25, -0.2) is 4.79 Å². The van der Waals surface area contributed by atoms with E-state index in [-0.39, 0.29) is 48.8 Å². The molecular weight excluding hydrogens is 548 g/mol. The highest BCUT2D eigenvalue weighted by Crippen LogP contribution is 2.33. The van der Waals surface area contributed by atoms with Gasteiger partial charge in [-0.3, -0.25) is 24.5 Å². The summed E-state index contributed by atoms with van der Waals surface area (Å²) >= 11 is 0. The highest BCUT2D eigenvalue weighted by atomic mass is 16.6. The van der Waals surface area contributed by atoms with Gasteiger partial charge in [-0.15, -0.1) is 0 Å². The van der Waals surface area contributed by atoms with E-state index in [0.717, 1.165) is 51.4 Å². The molecule has 1 aliphatic rings. The van der Waals surface area contributed by atoms with Crippen LogP contribution in [0.15, 0.2) is 0 Å². The summed E-state index contributed by atoms with van der Waals surface area (Å²) in [7, 11) is 0. The van der Waals surface area contributed by atoms with Gasteiger partial charge in [0.15, 0.2) is 5.78 Å².